The summed E-state index contributed by atoms with van der Waals surface area (Å²) in [7, 11) is 1.52. The number of methoxy groups -OCH3 is 1. The zero-order valence-corrected chi connectivity index (χ0v) is 6.54. The minimum Gasteiger partial charge on any atom is -0.378 e. The molecule has 0 saturated carbocycles. The summed E-state index contributed by atoms with van der Waals surface area (Å²) < 4.78 is 14.8. The van der Waals surface area contributed by atoms with Gasteiger partial charge in [-0.05, 0) is 0 Å². The van der Waals surface area contributed by atoms with Gasteiger partial charge < -0.3 is 14.2 Å². The third kappa shape index (κ3) is 2.57. The second kappa shape index (κ2) is 4.43. The van der Waals surface area contributed by atoms with Gasteiger partial charge in [0.15, 0.2) is 5.78 Å². The van der Waals surface area contributed by atoms with E-state index < -0.39 is 6.10 Å². The van der Waals surface area contributed by atoms with E-state index in [1.165, 1.54) is 7.11 Å². The third-order valence-corrected chi connectivity index (χ3v) is 1.51. The summed E-state index contributed by atoms with van der Waals surface area (Å²) in [4.78, 5) is 11.0. The fourth-order valence-corrected chi connectivity index (χ4v) is 0.908. The van der Waals surface area contributed by atoms with Crippen molar-refractivity contribution in [2.24, 2.45) is 0 Å². The number of carbonyl (C=O) groups excluding carboxylic acids is 1. The maximum absolute atomic E-state index is 11.0. The molecule has 1 fully saturated rings. The van der Waals surface area contributed by atoms with Gasteiger partial charge in [-0.3, -0.25) is 4.79 Å². The number of rotatable bonds is 3. The molecule has 64 valence electrons. The maximum atomic E-state index is 11.0. The molecule has 1 atom stereocenters. The van der Waals surface area contributed by atoms with Gasteiger partial charge in [0.25, 0.3) is 0 Å². The molecule has 1 aliphatic heterocycles. The van der Waals surface area contributed by atoms with Crippen molar-refractivity contribution in [1.82, 2.24) is 0 Å². The summed E-state index contributed by atoms with van der Waals surface area (Å²) in [6, 6.07) is 0. The largest absolute Gasteiger partial charge is 0.378 e. The van der Waals surface area contributed by atoms with Crippen molar-refractivity contribution in [3.8, 4) is 0 Å². The van der Waals surface area contributed by atoms with Crippen molar-refractivity contribution in [2.75, 3.05) is 27.1 Å². The summed E-state index contributed by atoms with van der Waals surface area (Å²) in [6.45, 7) is 1.04. The molecule has 1 rings (SSSR count). The third-order valence-electron chi connectivity index (χ3n) is 1.51. The van der Waals surface area contributed by atoms with E-state index in [9.17, 15) is 4.79 Å². The molecule has 0 aromatic heterocycles. The van der Waals surface area contributed by atoms with Crippen molar-refractivity contribution in [2.45, 2.75) is 12.5 Å². The van der Waals surface area contributed by atoms with Crippen molar-refractivity contribution in [3.05, 3.63) is 0 Å². The molecule has 1 saturated heterocycles. The van der Waals surface area contributed by atoms with E-state index >= 15 is 0 Å². The zero-order chi connectivity index (χ0) is 8.10. The van der Waals surface area contributed by atoms with Crippen LogP contribution in [0.25, 0.3) is 0 Å². The first-order valence-corrected chi connectivity index (χ1v) is 3.55. The molecule has 1 aliphatic rings. The predicted octanol–water partition coefficient (Wildman–Crippen LogP) is -0.0351. The number of hydrogen-bond acceptors (Lipinski definition) is 4. The normalized spacial score (nSPS) is 25.5. The SMILES string of the molecule is COCO[C@H]1COCCC1=O. The monoisotopic (exact) mass is 160 g/mol. The smallest absolute Gasteiger partial charge is 0.166 e. The highest BCUT2D eigenvalue weighted by molar-refractivity contribution is 5.83. The summed E-state index contributed by atoms with van der Waals surface area (Å²) in [5.41, 5.74) is 0. The highest BCUT2D eigenvalue weighted by atomic mass is 16.7. The van der Waals surface area contributed by atoms with Gasteiger partial charge >= 0.3 is 0 Å². The highest BCUT2D eigenvalue weighted by Crippen LogP contribution is 2.05. The van der Waals surface area contributed by atoms with Crippen molar-refractivity contribution >= 4 is 5.78 Å². The second-order valence-electron chi connectivity index (χ2n) is 2.35. The van der Waals surface area contributed by atoms with Gasteiger partial charge in [0.05, 0.1) is 13.2 Å². The predicted molar refractivity (Wildman–Crippen MR) is 37.2 cm³/mol. The van der Waals surface area contributed by atoms with Crippen molar-refractivity contribution in [3.63, 3.8) is 0 Å². The van der Waals surface area contributed by atoms with E-state index in [4.69, 9.17) is 9.47 Å². The quantitative estimate of drug-likeness (QED) is 0.543. The van der Waals surface area contributed by atoms with Crippen LogP contribution in [0.3, 0.4) is 0 Å². The average Bonchev–Trinajstić information content (AvgIpc) is 2.03. The average molecular weight is 160 g/mol. The van der Waals surface area contributed by atoms with Crippen LogP contribution in [-0.2, 0) is 19.0 Å². The minimum absolute atomic E-state index is 0.105. The molecular formula is C7H12O4. The summed E-state index contributed by atoms with van der Waals surface area (Å²) in [6.07, 6.45) is 0.0395. The Kier molecular flexibility index (Phi) is 3.48. The molecule has 0 amide bonds. The Balaban J connectivity index is 2.24. The Hall–Kier alpha value is -0.450. The van der Waals surface area contributed by atoms with Gasteiger partial charge in [0.2, 0.25) is 0 Å². The van der Waals surface area contributed by atoms with Crippen molar-refractivity contribution in [1.29, 1.82) is 0 Å². The van der Waals surface area contributed by atoms with Gasteiger partial charge in [-0.2, -0.15) is 0 Å². The standard InChI is InChI=1S/C7H12O4/c1-9-5-11-7-4-10-3-2-6(7)8/h7H,2-5H2,1H3/t7-/m0/s1. The van der Waals surface area contributed by atoms with Crippen LogP contribution in [0.5, 0.6) is 0 Å². The first-order valence-electron chi connectivity index (χ1n) is 3.55. The topological polar surface area (TPSA) is 44.8 Å². The van der Waals surface area contributed by atoms with E-state index in [1.54, 1.807) is 0 Å². The lowest BCUT2D eigenvalue weighted by atomic mass is 10.1. The van der Waals surface area contributed by atoms with Gasteiger partial charge in [-0.1, -0.05) is 0 Å². The first kappa shape index (κ1) is 8.64. The number of hydrogen-bond donors (Lipinski definition) is 0. The molecule has 0 N–H and O–H groups in total. The Labute approximate surface area is 65.4 Å². The highest BCUT2D eigenvalue weighted by Gasteiger charge is 2.22. The molecule has 0 aromatic carbocycles. The lowest BCUT2D eigenvalue weighted by Crippen LogP contribution is -2.35. The number of ether oxygens (including phenoxy) is 3. The number of Topliss-reactive ketones (excluding diaryl/α,β-unsaturated/α-hetero) is 1. The fraction of sp³-hybridized carbons (Fsp3) is 0.857. The van der Waals surface area contributed by atoms with E-state index in [1.807, 2.05) is 0 Å². The van der Waals surface area contributed by atoms with Crippen LogP contribution in [0.15, 0.2) is 0 Å². The van der Waals surface area contributed by atoms with Crippen molar-refractivity contribution < 1.29 is 19.0 Å². The van der Waals surface area contributed by atoms with E-state index in [0.717, 1.165) is 0 Å². The Bertz CT molecular complexity index is 134. The van der Waals surface area contributed by atoms with Crippen LogP contribution < -0.4 is 0 Å². The van der Waals surface area contributed by atoms with Crippen LogP contribution in [0.2, 0.25) is 0 Å². The molecule has 0 aliphatic carbocycles. The summed E-state index contributed by atoms with van der Waals surface area (Å²) in [5, 5.41) is 0. The number of carbonyl (C=O) groups is 1. The minimum atomic E-state index is -0.413. The van der Waals surface area contributed by atoms with Gasteiger partial charge in [-0.15, -0.1) is 0 Å². The Morgan fingerprint density at radius 2 is 2.55 bits per heavy atom. The van der Waals surface area contributed by atoms with Crippen LogP contribution >= 0.6 is 0 Å². The van der Waals surface area contributed by atoms with Gasteiger partial charge in [0.1, 0.15) is 12.9 Å². The zero-order valence-electron chi connectivity index (χ0n) is 6.54. The van der Waals surface area contributed by atoms with Gasteiger partial charge in [-0.25, -0.2) is 0 Å². The summed E-state index contributed by atoms with van der Waals surface area (Å²) >= 11 is 0. The first-order chi connectivity index (χ1) is 5.34. The molecule has 11 heavy (non-hydrogen) atoms. The van der Waals surface area contributed by atoms with Gasteiger partial charge in [0, 0.05) is 13.5 Å². The maximum Gasteiger partial charge on any atom is 0.166 e. The molecule has 0 aromatic rings. The van der Waals surface area contributed by atoms with E-state index in [0.29, 0.717) is 19.6 Å². The molecule has 0 unspecified atom stereocenters. The second-order valence-corrected chi connectivity index (χ2v) is 2.35. The van der Waals surface area contributed by atoms with E-state index in [-0.39, 0.29) is 12.6 Å². The summed E-state index contributed by atoms with van der Waals surface area (Å²) in [5.74, 6) is 0.105. The molecule has 0 bridgehead atoms. The van der Waals surface area contributed by atoms with Crippen LogP contribution in [0.4, 0.5) is 0 Å². The fourth-order valence-electron chi connectivity index (χ4n) is 0.908. The molecule has 4 nitrogen and oxygen atoms in total. The molecule has 1 heterocycles. The Morgan fingerprint density at radius 1 is 1.73 bits per heavy atom. The molecule has 0 spiro atoms. The van der Waals surface area contributed by atoms with Crippen LogP contribution in [0, 0.1) is 0 Å². The Morgan fingerprint density at radius 3 is 3.18 bits per heavy atom. The molecular weight excluding hydrogens is 148 g/mol. The number of ketones is 1. The molecule has 4 heteroatoms. The lowest BCUT2D eigenvalue weighted by molar-refractivity contribution is -0.154. The molecule has 0 radical (unpaired) electrons. The van der Waals surface area contributed by atoms with Crippen LogP contribution in [-0.4, -0.2) is 39.0 Å². The van der Waals surface area contributed by atoms with E-state index in [2.05, 4.69) is 4.74 Å². The lowest BCUT2D eigenvalue weighted by Gasteiger charge is -2.20. The van der Waals surface area contributed by atoms with Crippen LogP contribution in [0.1, 0.15) is 6.42 Å².